The van der Waals surface area contributed by atoms with Crippen LogP contribution in [0.2, 0.25) is 10.0 Å². The number of hydrogen-bond donors (Lipinski definition) is 1. The number of H-pyrrole nitrogens is 1. The van der Waals surface area contributed by atoms with Gasteiger partial charge in [0.2, 0.25) is 0 Å². The van der Waals surface area contributed by atoms with Crippen LogP contribution in [0, 0.1) is 21.4 Å². The van der Waals surface area contributed by atoms with Crippen LogP contribution in [0.3, 0.4) is 0 Å². The molecule has 0 saturated heterocycles. The van der Waals surface area contributed by atoms with Crippen LogP contribution in [-0.4, -0.2) is 9.91 Å². The summed E-state index contributed by atoms with van der Waals surface area (Å²) in [6.07, 6.45) is 0. The zero-order valence-corrected chi connectivity index (χ0v) is 12.2. The normalized spacial score (nSPS) is 10.2. The second-order valence-electron chi connectivity index (χ2n) is 3.54. The predicted molar refractivity (Wildman–Crippen MR) is 75.3 cm³/mol. The topological polar surface area (TPSA) is 82.7 Å². The number of halogens is 3. The molecule has 0 bridgehead atoms. The van der Waals surface area contributed by atoms with Crippen molar-refractivity contribution in [2.45, 2.75) is 0 Å². The highest BCUT2D eigenvalue weighted by Crippen LogP contribution is 2.39. The van der Waals surface area contributed by atoms with Gasteiger partial charge in [-0.15, -0.1) is 0 Å². The fourth-order valence-electron chi connectivity index (χ4n) is 1.58. The molecule has 0 amide bonds. The molecule has 1 aromatic carbocycles. The molecule has 2 rings (SSSR count). The lowest BCUT2D eigenvalue weighted by molar-refractivity contribution is -0.384. The molecule has 8 heteroatoms. The van der Waals surface area contributed by atoms with Crippen molar-refractivity contribution in [1.82, 2.24) is 4.98 Å². The van der Waals surface area contributed by atoms with E-state index in [0.717, 1.165) is 0 Å². The molecule has 0 spiro atoms. The smallest absolute Gasteiger partial charge is 0.310 e. The highest BCUT2D eigenvalue weighted by molar-refractivity contribution is 9.10. The van der Waals surface area contributed by atoms with Gasteiger partial charge in [-0.25, -0.2) is 0 Å². The van der Waals surface area contributed by atoms with Gasteiger partial charge in [-0.05, 0) is 28.1 Å². The van der Waals surface area contributed by atoms with E-state index in [9.17, 15) is 10.1 Å². The van der Waals surface area contributed by atoms with Gasteiger partial charge >= 0.3 is 5.69 Å². The first kappa shape index (κ1) is 13.9. The van der Waals surface area contributed by atoms with E-state index in [1.165, 1.54) is 12.1 Å². The summed E-state index contributed by atoms with van der Waals surface area (Å²) in [5.74, 6) is 0. The highest BCUT2D eigenvalue weighted by atomic mass is 79.9. The van der Waals surface area contributed by atoms with Crippen molar-refractivity contribution in [1.29, 1.82) is 5.26 Å². The second-order valence-corrected chi connectivity index (χ2v) is 5.14. The van der Waals surface area contributed by atoms with Crippen LogP contribution in [-0.2, 0) is 0 Å². The number of rotatable bonds is 2. The van der Waals surface area contributed by atoms with Crippen molar-refractivity contribution in [3.63, 3.8) is 0 Å². The summed E-state index contributed by atoms with van der Waals surface area (Å²) in [4.78, 5) is 13.2. The minimum atomic E-state index is -0.570. The molecule has 0 saturated carbocycles. The van der Waals surface area contributed by atoms with E-state index in [4.69, 9.17) is 28.5 Å². The quantitative estimate of drug-likeness (QED) is 0.630. The van der Waals surface area contributed by atoms with Crippen LogP contribution >= 0.6 is 39.1 Å². The maximum absolute atomic E-state index is 11.1. The molecule has 1 heterocycles. The molecule has 1 aromatic heterocycles. The minimum absolute atomic E-state index is 0.0766. The molecule has 0 aliphatic heterocycles. The fraction of sp³-hybridized carbons (Fsp3) is 0. The summed E-state index contributed by atoms with van der Waals surface area (Å²) in [6.45, 7) is 0. The standard InChI is InChI=1S/C11H4BrCl2N3O2/c12-9-8(4-15)16-10(11(9)17(18)19)5-1-2-6(13)7(14)3-5/h1-3,16H. The lowest BCUT2D eigenvalue weighted by Gasteiger charge is -2.01. The minimum Gasteiger partial charge on any atom is -0.340 e. The number of nitriles is 1. The Morgan fingerprint density at radius 1 is 1.37 bits per heavy atom. The fourth-order valence-corrected chi connectivity index (χ4v) is 2.41. The van der Waals surface area contributed by atoms with E-state index in [1.54, 1.807) is 6.07 Å². The van der Waals surface area contributed by atoms with Gasteiger partial charge in [0.15, 0.2) is 0 Å². The Morgan fingerprint density at radius 3 is 2.58 bits per heavy atom. The zero-order valence-electron chi connectivity index (χ0n) is 9.08. The molecule has 0 aliphatic carbocycles. The third-order valence-corrected chi connectivity index (χ3v) is 3.93. The van der Waals surface area contributed by atoms with E-state index in [-0.39, 0.29) is 26.6 Å². The van der Waals surface area contributed by atoms with Crippen LogP contribution < -0.4 is 0 Å². The third-order valence-electron chi connectivity index (χ3n) is 2.42. The first-order valence-electron chi connectivity index (χ1n) is 4.87. The largest absolute Gasteiger partial charge is 0.340 e. The second kappa shape index (κ2) is 5.21. The average molecular weight is 361 g/mol. The van der Waals surface area contributed by atoms with Crippen molar-refractivity contribution < 1.29 is 4.92 Å². The Labute approximate surface area is 126 Å². The van der Waals surface area contributed by atoms with Crippen LogP contribution in [0.5, 0.6) is 0 Å². The first-order valence-corrected chi connectivity index (χ1v) is 6.42. The van der Waals surface area contributed by atoms with E-state index < -0.39 is 4.92 Å². The maximum Gasteiger partial charge on any atom is 0.310 e. The summed E-state index contributed by atoms with van der Waals surface area (Å²) in [7, 11) is 0. The van der Waals surface area contributed by atoms with Gasteiger partial charge in [0.1, 0.15) is 21.9 Å². The number of benzene rings is 1. The molecule has 1 N–H and O–H groups in total. The molecule has 0 atom stereocenters. The number of hydrogen-bond acceptors (Lipinski definition) is 3. The van der Waals surface area contributed by atoms with Gasteiger partial charge in [-0.2, -0.15) is 5.26 Å². The molecular formula is C11H4BrCl2N3O2. The predicted octanol–water partition coefficient (Wildman–Crippen LogP) is 4.53. The van der Waals surface area contributed by atoms with Crippen LogP contribution in [0.4, 0.5) is 5.69 Å². The number of nitrogens with one attached hydrogen (secondary N) is 1. The lowest BCUT2D eigenvalue weighted by Crippen LogP contribution is -1.90. The zero-order chi connectivity index (χ0) is 14.2. The molecule has 96 valence electrons. The van der Waals surface area contributed by atoms with Crippen LogP contribution in [0.15, 0.2) is 22.7 Å². The van der Waals surface area contributed by atoms with Gasteiger partial charge in [0, 0.05) is 5.56 Å². The average Bonchev–Trinajstić information content (AvgIpc) is 2.69. The molecule has 0 radical (unpaired) electrons. The van der Waals surface area contributed by atoms with Crippen molar-refractivity contribution >= 4 is 44.8 Å². The summed E-state index contributed by atoms with van der Waals surface area (Å²) in [5, 5.41) is 20.6. The number of nitro groups is 1. The number of aromatic nitrogens is 1. The summed E-state index contributed by atoms with van der Waals surface area (Å²) >= 11 is 14.7. The van der Waals surface area contributed by atoms with E-state index in [2.05, 4.69) is 20.9 Å². The Hall–Kier alpha value is -1.55. The molecular weight excluding hydrogens is 357 g/mol. The van der Waals surface area contributed by atoms with E-state index >= 15 is 0 Å². The third kappa shape index (κ3) is 2.45. The summed E-state index contributed by atoms with van der Waals surface area (Å²) in [5.41, 5.74) is 0.540. The van der Waals surface area contributed by atoms with Gasteiger partial charge in [-0.3, -0.25) is 10.1 Å². The van der Waals surface area contributed by atoms with E-state index in [1.807, 2.05) is 6.07 Å². The monoisotopic (exact) mass is 359 g/mol. The lowest BCUT2D eigenvalue weighted by atomic mass is 10.1. The Morgan fingerprint density at radius 2 is 2.05 bits per heavy atom. The van der Waals surface area contributed by atoms with Gasteiger partial charge in [0.05, 0.1) is 15.0 Å². The summed E-state index contributed by atoms with van der Waals surface area (Å²) in [6, 6.07) is 6.45. The van der Waals surface area contributed by atoms with Gasteiger partial charge < -0.3 is 4.98 Å². The Kier molecular flexibility index (Phi) is 3.80. The molecule has 2 aromatic rings. The molecule has 5 nitrogen and oxygen atoms in total. The maximum atomic E-state index is 11.1. The molecule has 0 fully saturated rings. The molecule has 0 unspecified atom stereocenters. The Balaban J connectivity index is 2.71. The van der Waals surface area contributed by atoms with Crippen molar-refractivity contribution in [2.24, 2.45) is 0 Å². The van der Waals surface area contributed by atoms with Gasteiger partial charge in [-0.1, -0.05) is 29.3 Å². The van der Waals surface area contributed by atoms with Crippen LogP contribution in [0.25, 0.3) is 11.3 Å². The molecule has 0 aliphatic rings. The van der Waals surface area contributed by atoms with Crippen molar-refractivity contribution in [2.75, 3.05) is 0 Å². The number of nitrogens with zero attached hydrogens (tertiary/aromatic N) is 2. The van der Waals surface area contributed by atoms with E-state index in [0.29, 0.717) is 10.6 Å². The van der Waals surface area contributed by atoms with Crippen LogP contribution in [0.1, 0.15) is 5.69 Å². The van der Waals surface area contributed by atoms with Crippen molar-refractivity contribution in [3.05, 3.63) is 48.5 Å². The van der Waals surface area contributed by atoms with Crippen molar-refractivity contribution in [3.8, 4) is 17.3 Å². The first-order chi connectivity index (χ1) is 8.95. The summed E-state index contributed by atoms with van der Waals surface area (Å²) < 4.78 is 0.112. The molecule has 19 heavy (non-hydrogen) atoms. The number of aromatic amines is 1. The Bertz CT molecular complexity index is 721. The SMILES string of the molecule is N#Cc1[nH]c(-c2ccc(Cl)c(Cl)c2)c([N+](=O)[O-])c1Br. The van der Waals surface area contributed by atoms with Gasteiger partial charge in [0.25, 0.3) is 0 Å². The highest BCUT2D eigenvalue weighted by Gasteiger charge is 2.26.